The van der Waals surface area contributed by atoms with E-state index >= 15 is 0 Å². The Hall–Kier alpha value is -3.57. The van der Waals surface area contributed by atoms with Crippen molar-refractivity contribution in [3.05, 3.63) is 83.8 Å². The number of phenolic OH excluding ortho intramolecular Hbond substituents is 2. The zero-order chi connectivity index (χ0) is 25.9. The molecule has 9 nitrogen and oxygen atoms in total. The Morgan fingerprint density at radius 3 is 2.65 bits per heavy atom. The molecule has 5 aliphatic heterocycles. The molecule has 0 aliphatic carbocycles. The minimum Gasteiger partial charge on any atom is -0.504 e. The third-order valence-electron chi connectivity index (χ3n) is 7.16. The molecule has 2 N–H and O–H groups in total. The number of benzene rings is 2. The van der Waals surface area contributed by atoms with Gasteiger partial charge in [0.1, 0.15) is 6.10 Å². The summed E-state index contributed by atoms with van der Waals surface area (Å²) in [5.74, 6) is -1.99. The molecule has 0 aromatic heterocycles. The van der Waals surface area contributed by atoms with Gasteiger partial charge in [0, 0.05) is 19.9 Å². The van der Waals surface area contributed by atoms with E-state index in [2.05, 4.69) is 0 Å². The van der Waals surface area contributed by atoms with E-state index in [9.17, 15) is 24.6 Å². The number of likely N-dealkylation sites (N-methyl/N-ethyl adjacent to an activating group) is 1. The third kappa shape index (κ3) is 3.44. The molecule has 4 unspecified atom stereocenters. The standard InChI is InChI=1S/C26H22N2O7S2/c1-27-23(32)26-13-17-14-34-10-9-20(35-22(31)16-7-8-18(29)19(30)11-16)21(17)28(26)24(33)25(27,36-37-26)12-15-5-3-2-4-6-15/h2-11,14,20-21,29-30H,12-13H2,1H3. The lowest BCUT2D eigenvalue weighted by Crippen LogP contribution is -2.77. The average Bonchev–Trinajstić information content (AvgIpc) is 3.12. The van der Waals surface area contributed by atoms with Crippen LogP contribution < -0.4 is 0 Å². The van der Waals surface area contributed by atoms with Gasteiger partial charge in [-0.25, -0.2) is 4.79 Å². The van der Waals surface area contributed by atoms with Crippen molar-refractivity contribution >= 4 is 39.4 Å². The van der Waals surface area contributed by atoms with E-state index in [0.29, 0.717) is 12.0 Å². The predicted octanol–water partition coefficient (Wildman–Crippen LogP) is 3.15. The first-order chi connectivity index (χ1) is 17.8. The van der Waals surface area contributed by atoms with Crippen LogP contribution in [0.2, 0.25) is 0 Å². The van der Waals surface area contributed by atoms with Crippen molar-refractivity contribution in [2.75, 3.05) is 7.05 Å². The van der Waals surface area contributed by atoms with Gasteiger partial charge in [-0.15, -0.1) is 0 Å². The zero-order valence-electron chi connectivity index (χ0n) is 19.6. The van der Waals surface area contributed by atoms with Crippen LogP contribution in [-0.2, 0) is 25.5 Å². The van der Waals surface area contributed by atoms with Gasteiger partial charge in [0.25, 0.3) is 11.8 Å². The number of carbonyl (C=O) groups excluding carboxylic acids is 3. The molecule has 1 spiro atoms. The summed E-state index contributed by atoms with van der Waals surface area (Å²) in [7, 11) is 4.43. The number of piperazine rings is 1. The monoisotopic (exact) mass is 538 g/mol. The van der Waals surface area contributed by atoms with Crippen LogP contribution >= 0.6 is 21.6 Å². The van der Waals surface area contributed by atoms with Crippen molar-refractivity contribution in [1.29, 1.82) is 0 Å². The van der Waals surface area contributed by atoms with E-state index in [4.69, 9.17) is 9.47 Å². The second-order valence-corrected chi connectivity index (χ2v) is 12.0. The number of phenols is 2. The molecule has 0 saturated carbocycles. The lowest BCUT2D eigenvalue weighted by atomic mass is 9.97. The van der Waals surface area contributed by atoms with Crippen LogP contribution in [0.25, 0.3) is 0 Å². The van der Waals surface area contributed by atoms with Crippen molar-refractivity contribution in [2.24, 2.45) is 0 Å². The van der Waals surface area contributed by atoms with E-state index in [0.717, 1.165) is 11.6 Å². The van der Waals surface area contributed by atoms with E-state index in [1.54, 1.807) is 16.8 Å². The Morgan fingerprint density at radius 2 is 1.89 bits per heavy atom. The number of nitrogens with zero attached hydrogens (tertiary/aromatic N) is 2. The van der Waals surface area contributed by atoms with Gasteiger partial charge in [-0.05, 0) is 35.4 Å². The Labute approximate surface area is 220 Å². The number of aromatic hydroxyl groups is 2. The third-order valence-corrected chi connectivity index (χ3v) is 10.8. The van der Waals surface area contributed by atoms with Crippen LogP contribution in [0.15, 0.2) is 72.7 Å². The van der Waals surface area contributed by atoms with Crippen LogP contribution in [0, 0.1) is 0 Å². The van der Waals surface area contributed by atoms with Crippen molar-refractivity contribution in [3.63, 3.8) is 0 Å². The Kier molecular flexibility index (Phi) is 5.46. The molecule has 5 aliphatic rings. The van der Waals surface area contributed by atoms with E-state index in [1.165, 1.54) is 52.3 Å². The Bertz CT molecular complexity index is 1380. The molecule has 2 aromatic carbocycles. The quantitative estimate of drug-likeness (QED) is 0.344. The van der Waals surface area contributed by atoms with Crippen LogP contribution in [0.1, 0.15) is 22.3 Å². The highest BCUT2D eigenvalue weighted by molar-refractivity contribution is 8.78. The lowest BCUT2D eigenvalue weighted by Gasteiger charge is -2.58. The Balaban J connectivity index is 1.38. The molecule has 4 atom stereocenters. The summed E-state index contributed by atoms with van der Waals surface area (Å²) in [6.45, 7) is 0. The van der Waals surface area contributed by atoms with Crippen LogP contribution in [0.4, 0.5) is 0 Å². The highest BCUT2D eigenvalue weighted by Gasteiger charge is 2.73. The van der Waals surface area contributed by atoms with Gasteiger partial charge in [0.15, 0.2) is 21.2 Å². The first kappa shape index (κ1) is 23.8. The number of carbonyl (C=O) groups is 3. The van der Waals surface area contributed by atoms with Gasteiger partial charge < -0.3 is 29.5 Å². The van der Waals surface area contributed by atoms with Crippen molar-refractivity contribution in [2.45, 2.75) is 34.7 Å². The second kappa shape index (κ2) is 8.49. The number of ether oxygens (including phenoxy) is 2. The first-order valence-corrected chi connectivity index (χ1v) is 13.7. The molecule has 11 heteroatoms. The Morgan fingerprint density at radius 1 is 1.11 bits per heavy atom. The molecule has 2 amide bonds. The molecule has 5 heterocycles. The van der Waals surface area contributed by atoms with E-state index < -0.39 is 33.6 Å². The fourth-order valence-electron chi connectivity index (χ4n) is 5.28. The van der Waals surface area contributed by atoms with Crippen molar-refractivity contribution in [1.82, 2.24) is 9.80 Å². The summed E-state index contributed by atoms with van der Waals surface area (Å²) in [5, 5.41) is 19.4. The van der Waals surface area contributed by atoms with Gasteiger partial charge in [0.2, 0.25) is 0 Å². The lowest BCUT2D eigenvalue weighted by molar-refractivity contribution is -0.166. The SMILES string of the molecule is CN1C(=O)C23CC4=COC=CC(OC(=O)c5ccc(O)c(O)c5)C4N2C(=O)C1(Cc1ccccc1)SS3. The smallest absolute Gasteiger partial charge is 0.338 e. The number of hydrogen-bond donors (Lipinski definition) is 2. The summed E-state index contributed by atoms with van der Waals surface area (Å²) in [5.41, 5.74) is 1.61. The predicted molar refractivity (Wildman–Crippen MR) is 136 cm³/mol. The number of amides is 2. The summed E-state index contributed by atoms with van der Waals surface area (Å²) >= 11 is 0. The zero-order valence-corrected chi connectivity index (χ0v) is 21.2. The highest BCUT2D eigenvalue weighted by Crippen LogP contribution is 2.65. The molecule has 4 saturated heterocycles. The van der Waals surface area contributed by atoms with Crippen molar-refractivity contribution < 1.29 is 34.1 Å². The number of hydrogen-bond acceptors (Lipinski definition) is 9. The second-order valence-electron chi connectivity index (χ2n) is 9.29. The molecule has 37 heavy (non-hydrogen) atoms. The maximum atomic E-state index is 14.3. The minimum absolute atomic E-state index is 0.0277. The van der Waals surface area contributed by atoms with Gasteiger partial charge >= 0.3 is 5.97 Å². The summed E-state index contributed by atoms with van der Waals surface area (Å²) in [6.07, 6.45) is 4.05. The van der Waals surface area contributed by atoms with Gasteiger partial charge in [-0.1, -0.05) is 51.9 Å². The largest absolute Gasteiger partial charge is 0.504 e. The minimum atomic E-state index is -1.18. The summed E-state index contributed by atoms with van der Waals surface area (Å²) in [4.78, 5) is 41.9. The van der Waals surface area contributed by atoms with Crippen LogP contribution in [-0.4, -0.2) is 66.7 Å². The molecular formula is C26H22N2O7S2. The summed E-state index contributed by atoms with van der Waals surface area (Å²) in [6, 6.07) is 12.4. The fraction of sp³-hybridized carbons (Fsp3) is 0.269. The van der Waals surface area contributed by atoms with Crippen LogP contribution in [0.3, 0.4) is 0 Å². The van der Waals surface area contributed by atoms with Crippen LogP contribution in [0.5, 0.6) is 11.5 Å². The highest BCUT2D eigenvalue weighted by atomic mass is 33.1. The topological polar surface area (TPSA) is 117 Å². The molecule has 0 radical (unpaired) electrons. The molecule has 4 fully saturated rings. The van der Waals surface area contributed by atoms with E-state index in [1.807, 2.05) is 30.3 Å². The maximum absolute atomic E-state index is 14.3. The number of rotatable bonds is 4. The first-order valence-electron chi connectivity index (χ1n) is 11.5. The summed E-state index contributed by atoms with van der Waals surface area (Å²) < 4.78 is 11.3. The number of fused-ring (bicyclic) bond motifs is 3. The number of esters is 1. The van der Waals surface area contributed by atoms with Crippen molar-refractivity contribution in [3.8, 4) is 11.5 Å². The molecule has 2 aromatic rings. The normalized spacial score (nSPS) is 29.8. The average molecular weight is 539 g/mol. The van der Waals surface area contributed by atoms with Gasteiger partial charge in [-0.2, -0.15) is 0 Å². The molecule has 2 bridgehead atoms. The molecule has 7 rings (SSSR count). The van der Waals surface area contributed by atoms with Gasteiger partial charge in [-0.3, -0.25) is 9.59 Å². The van der Waals surface area contributed by atoms with E-state index in [-0.39, 0.29) is 29.5 Å². The fourth-order valence-corrected chi connectivity index (χ4v) is 9.05. The molecule has 190 valence electrons. The van der Waals surface area contributed by atoms with Gasteiger partial charge in [0.05, 0.1) is 24.1 Å². The maximum Gasteiger partial charge on any atom is 0.338 e. The molecular weight excluding hydrogens is 516 g/mol.